The minimum Gasteiger partial charge on any atom is -0.321 e. The van der Waals surface area contributed by atoms with Gasteiger partial charge >= 0.3 is 0 Å². The average molecular weight is 184 g/mol. The molecule has 0 amide bonds. The molecule has 2 N–H and O–H groups in total. The van der Waals surface area contributed by atoms with E-state index >= 15 is 0 Å². The molecule has 0 spiro atoms. The van der Waals surface area contributed by atoms with E-state index in [1.807, 2.05) is 0 Å². The third kappa shape index (κ3) is 2.59. The largest absolute Gasteiger partial charge is 0.321 e. The fraction of sp³-hybridized carbons (Fsp3) is 0.222. The summed E-state index contributed by atoms with van der Waals surface area (Å²) in [5.41, 5.74) is 5.73. The molecule has 1 radical (unpaired) electrons. The Morgan fingerprint density at radius 1 is 1.38 bits per heavy atom. The van der Waals surface area contributed by atoms with E-state index in [2.05, 4.69) is 0 Å². The highest BCUT2D eigenvalue weighted by molar-refractivity contribution is 5.58. The van der Waals surface area contributed by atoms with E-state index in [0.29, 0.717) is 5.56 Å². The zero-order valence-electron chi connectivity index (χ0n) is 6.76. The van der Waals surface area contributed by atoms with Crippen LogP contribution in [0.1, 0.15) is 5.56 Å². The van der Waals surface area contributed by atoms with E-state index in [1.165, 1.54) is 6.07 Å². The number of rotatable bonds is 3. The number of hydrogen-bond acceptors (Lipinski definition) is 2. The summed E-state index contributed by atoms with van der Waals surface area (Å²) in [5, 5.41) is 0. The Bertz CT molecular complexity index is 314. The summed E-state index contributed by atoms with van der Waals surface area (Å²) in [6.07, 6.45) is 1.73. The lowest BCUT2D eigenvalue weighted by atomic mass is 10.1. The maximum atomic E-state index is 12.6. The van der Waals surface area contributed by atoms with Crippen molar-refractivity contribution in [3.8, 4) is 0 Å². The van der Waals surface area contributed by atoms with Crippen LogP contribution in [0.3, 0.4) is 0 Å². The van der Waals surface area contributed by atoms with Crippen molar-refractivity contribution in [3.05, 3.63) is 35.4 Å². The molecule has 0 saturated carbocycles. The molecule has 0 heterocycles. The molecule has 1 atom stereocenters. The summed E-state index contributed by atoms with van der Waals surface area (Å²) >= 11 is 0. The van der Waals surface area contributed by atoms with Crippen LogP contribution in [0, 0.1) is 11.6 Å². The number of hydrogen-bond donors (Lipinski definition) is 1. The quantitative estimate of drug-likeness (QED) is 0.759. The Hall–Kier alpha value is -1.29. The Kier molecular flexibility index (Phi) is 3.08. The van der Waals surface area contributed by atoms with Crippen molar-refractivity contribution in [1.29, 1.82) is 0 Å². The minimum absolute atomic E-state index is 0.167. The van der Waals surface area contributed by atoms with Gasteiger partial charge in [-0.2, -0.15) is 0 Å². The van der Waals surface area contributed by atoms with Gasteiger partial charge < -0.3 is 5.73 Å². The summed E-state index contributed by atoms with van der Waals surface area (Å²) in [4.78, 5) is 10.0. The van der Waals surface area contributed by atoms with E-state index in [1.54, 1.807) is 6.29 Å². The summed E-state index contributed by atoms with van der Waals surface area (Å²) in [7, 11) is 0. The third-order valence-corrected chi connectivity index (χ3v) is 1.59. The first-order valence-corrected chi connectivity index (χ1v) is 3.70. The number of halogens is 2. The van der Waals surface area contributed by atoms with Crippen LogP contribution in [-0.4, -0.2) is 12.3 Å². The molecule has 0 aliphatic carbocycles. The first-order valence-electron chi connectivity index (χ1n) is 3.70. The summed E-state index contributed by atoms with van der Waals surface area (Å²) in [6.45, 7) is 0. The van der Waals surface area contributed by atoms with Gasteiger partial charge in [0.25, 0.3) is 0 Å². The molecule has 1 rings (SSSR count). The topological polar surface area (TPSA) is 43.1 Å². The lowest BCUT2D eigenvalue weighted by Crippen LogP contribution is -2.24. The van der Waals surface area contributed by atoms with Crippen LogP contribution >= 0.6 is 0 Å². The van der Waals surface area contributed by atoms with Gasteiger partial charge in [0, 0.05) is 0 Å². The van der Waals surface area contributed by atoms with Gasteiger partial charge in [-0.05, 0) is 24.1 Å². The third-order valence-electron chi connectivity index (χ3n) is 1.59. The normalized spacial score (nSPS) is 12.5. The highest BCUT2D eigenvalue weighted by atomic mass is 19.2. The van der Waals surface area contributed by atoms with E-state index < -0.39 is 17.7 Å². The molecule has 2 nitrogen and oxygen atoms in total. The molecular weight excluding hydrogens is 176 g/mol. The molecule has 69 valence electrons. The average Bonchev–Trinajstić information content (AvgIpc) is 2.11. The van der Waals surface area contributed by atoms with E-state index in [0.717, 1.165) is 12.1 Å². The van der Waals surface area contributed by atoms with Crippen molar-refractivity contribution in [2.24, 2.45) is 5.73 Å². The SMILES string of the molecule is N[C@H]([C]=O)Cc1ccc(F)c(F)c1. The van der Waals surface area contributed by atoms with Crippen molar-refractivity contribution in [2.45, 2.75) is 12.5 Å². The van der Waals surface area contributed by atoms with Crippen molar-refractivity contribution in [3.63, 3.8) is 0 Å². The smallest absolute Gasteiger partial charge is 0.217 e. The molecule has 0 aliphatic heterocycles. The van der Waals surface area contributed by atoms with E-state index in [4.69, 9.17) is 5.73 Å². The Labute approximate surface area is 74.4 Å². The zero-order valence-corrected chi connectivity index (χ0v) is 6.76. The predicted octanol–water partition coefficient (Wildman–Crippen LogP) is 0.944. The molecule has 0 fully saturated rings. The summed E-state index contributed by atoms with van der Waals surface area (Å²) in [5.74, 6) is -1.84. The van der Waals surface area contributed by atoms with Crippen LogP contribution < -0.4 is 5.73 Å². The Morgan fingerprint density at radius 2 is 2.08 bits per heavy atom. The first kappa shape index (κ1) is 9.80. The van der Waals surface area contributed by atoms with Gasteiger partial charge in [0.2, 0.25) is 6.29 Å². The van der Waals surface area contributed by atoms with Crippen LogP contribution in [-0.2, 0) is 11.2 Å². The van der Waals surface area contributed by atoms with Crippen LogP contribution in [0.2, 0.25) is 0 Å². The second-order valence-electron chi connectivity index (χ2n) is 2.68. The van der Waals surface area contributed by atoms with Crippen LogP contribution in [0.15, 0.2) is 18.2 Å². The van der Waals surface area contributed by atoms with Crippen molar-refractivity contribution >= 4 is 6.29 Å². The summed E-state index contributed by atoms with van der Waals surface area (Å²) < 4.78 is 25.1. The number of nitrogens with two attached hydrogens (primary N) is 1. The Balaban J connectivity index is 2.79. The molecule has 0 bridgehead atoms. The van der Waals surface area contributed by atoms with Gasteiger partial charge in [-0.15, -0.1) is 0 Å². The lowest BCUT2D eigenvalue weighted by Gasteiger charge is -2.03. The van der Waals surface area contributed by atoms with Gasteiger partial charge in [0.15, 0.2) is 11.6 Å². The fourth-order valence-corrected chi connectivity index (χ4v) is 0.962. The van der Waals surface area contributed by atoms with Crippen molar-refractivity contribution in [2.75, 3.05) is 0 Å². The van der Waals surface area contributed by atoms with Crippen molar-refractivity contribution in [1.82, 2.24) is 0 Å². The molecular formula is C9H8F2NO. The summed E-state index contributed by atoms with van der Waals surface area (Å²) in [6, 6.07) is 2.62. The monoisotopic (exact) mass is 184 g/mol. The van der Waals surface area contributed by atoms with E-state index in [-0.39, 0.29) is 6.42 Å². The lowest BCUT2D eigenvalue weighted by molar-refractivity contribution is 0.506. The molecule has 0 aliphatic rings. The number of carbonyl (C=O) groups excluding carboxylic acids is 1. The van der Waals surface area contributed by atoms with Gasteiger partial charge in [-0.25, -0.2) is 8.78 Å². The van der Waals surface area contributed by atoms with E-state index in [9.17, 15) is 13.6 Å². The molecule has 13 heavy (non-hydrogen) atoms. The van der Waals surface area contributed by atoms with Gasteiger partial charge in [-0.1, -0.05) is 6.07 Å². The maximum Gasteiger partial charge on any atom is 0.217 e. The minimum atomic E-state index is -0.935. The number of benzene rings is 1. The highest BCUT2D eigenvalue weighted by Crippen LogP contribution is 2.09. The van der Waals surface area contributed by atoms with Crippen LogP contribution in [0.4, 0.5) is 8.78 Å². The molecule has 0 unspecified atom stereocenters. The molecule has 0 aromatic heterocycles. The van der Waals surface area contributed by atoms with Crippen molar-refractivity contribution < 1.29 is 13.6 Å². The van der Waals surface area contributed by atoms with Crippen LogP contribution in [0.25, 0.3) is 0 Å². The van der Waals surface area contributed by atoms with Gasteiger partial charge in [0.1, 0.15) is 0 Å². The Morgan fingerprint density at radius 3 is 2.62 bits per heavy atom. The molecule has 4 heteroatoms. The molecule has 1 aromatic carbocycles. The van der Waals surface area contributed by atoms with Gasteiger partial charge in [-0.3, -0.25) is 4.79 Å². The highest BCUT2D eigenvalue weighted by Gasteiger charge is 2.06. The second-order valence-corrected chi connectivity index (χ2v) is 2.68. The maximum absolute atomic E-state index is 12.6. The van der Waals surface area contributed by atoms with Crippen LogP contribution in [0.5, 0.6) is 0 Å². The van der Waals surface area contributed by atoms with Gasteiger partial charge in [0.05, 0.1) is 6.04 Å². The zero-order chi connectivity index (χ0) is 9.84. The fourth-order valence-electron chi connectivity index (χ4n) is 0.962. The second kappa shape index (κ2) is 4.09. The first-order chi connectivity index (χ1) is 6.13. The standard InChI is InChI=1S/C9H8F2NO/c10-8-2-1-6(4-9(8)11)3-7(12)5-13/h1-2,4,7H,3,12H2/t7-/m0/s1. The molecule has 1 aromatic rings. The molecule has 0 saturated heterocycles. The predicted molar refractivity (Wildman–Crippen MR) is 43.7 cm³/mol.